The summed E-state index contributed by atoms with van der Waals surface area (Å²) in [5.41, 5.74) is 1.09. The number of ketones is 1. The zero-order valence-electron chi connectivity index (χ0n) is 14.6. The minimum absolute atomic E-state index is 0.176. The summed E-state index contributed by atoms with van der Waals surface area (Å²) in [5.74, 6) is 0.965. The minimum Gasteiger partial charge on any atom is -0.497 e. The summed E-state index contributed by atoms with van der Waals surface area (Å²) in [6.45, 7) is 1.59. The average Bonchev–Trinajstić information content (AvgIpc) is 2.97. The monoisotopic (exact) mass is 354 g/mol. The molecule has 6 heteroatoms. The Bertz CT molecular complexity index is 884. The van der Waals surface area contributed by atoms with Crippen LogP contribution in [0.1, 0.15) is 22.8 Å². The molecule has 0 aliphatic carbocycles. The number of hydrogen-bond acceptors (Lipinski definition) is 6. The highest BCUT2D eigenvalue weighted by Gasteiger charge is 2.28. The van der Waals surface area contributed by atoms with E-state index in [0.29, 0.717) is 28.4 Å². The fourth-order valence-electron chi connectivity index (χ4n) is 2.55. The van der Waals surface area contributed by atoms with Gasteiger partial charge < -0.3 is 18.9 Å². The lowest BCUT2D eigenvalue weighted by Gasteiger charge is -2.14. The largest absolute Gasteiger partial charge is 0.497 e. The fraction of sp³-hybridized carbons (Fsp3) is 0.200. The number of carbonyl (C=O) groups excluding carboxylic acids is 2. The molecule has 0 fully saturated rings. The second kappa shape index (κ2) is 7.31. The molecule has 1 aliphatic rings. The number of methoxy groups -OCH3 is 2. The van der Waals surface area contributed by atoms with Crippen molar-refractivity contribution in [1.82, 2.24) is 0 Å². The number of para-hydroxylation sites is 1. The molecule has 0 bridgehead atoms. The second-order valence-corrected chi connectivity index (χ2v) is 5.62. The summed E-state index contributed by atoms with van der Waals surface area (Å²) in [4.78, 5) is 24.1. The molecule has 3 rings (SSSR count). The van der Waals surface area contributed by atoms with Gasteiger partial charge in [0.2, 0.25) is 5.78 Å². The summed E-state index contributed by atoms with van der Waals surface area (Å²) >= 11 is 0. The smallest absolute Gasteiger partial charge is 0.346 e. The van der Waals surface area contributed by atoms with Gasteiger partial charge >= 0.3 is 5.97 Å². The Morgan fingerprint density at radius 1 is 1.15 bits per heavy atom. The third kappa shape index (κ3) is 3.39. The number of ether oxygens (including phenoxy) is 4. The molecule has 0 radical (unpaired) electrons. The van der Waals surface area contributed by atoms with Gasteiger partial charge in [-0.2, -0.15) is 0 Å². The zero-order valence-corrected chi connectivity index (χ0v) is 14.6. The summed E-state index contributed by atoms with van der Waals surface area (Å²) in [6.07, 6.45) is 0.815. The van der Waals surface area contributed by atoms with E-state index in [4.69, 9.17) is 14.2 Å². The number of hydrogen-bond donors (Lipinski definition) is 0. The highest BCUT2D eigenvalue weighted by molar-refractivity contribution is 6.14. The molecule has 6 nitrogen and oxygen atoms in total. The molecule has 2 aromatic rings. The van der Waals surface area contributed by atoms with Crippen LogP contribution in [0.15, 0.2) is 48.2 Å². The van der Waals surface area contributed by atoms with E-state index in [-0.39, 0.29) is 11.5 Å². The lowest BCUT2D eigenvalue weighted by atomic mass is 10.1. The van der Waals surface area contributed by atoms with Gasteiger partial charge in [-0.25, -0.2) is 4.79 Å². The van der Waals surface area contributed by atoms with Crippen LogP contribution >= 0.6 is 0 Å². The first-order valence-electron chi connectivity index (χ1n) is 7.99. The first-order chi connectivity index (χ1) is 12.5. The maximum atomic E-state index is 12.5. The summed E-state index contributed by atoms with van der Waals surface area (Å²) < 4.78 is 21.1. The minimum atomic E-state index is -0.777. The molecule has 1 heterocycles. The van der Waals surface area contributed by atoms with Crippen molar-refractivity contribution < 1.29 is 28.5 Å². The summed E-state index contributed by atoms with van der Waals surface area (Å²) in [7, 11) is 2.85. The van der Waals surface area contributed by atoms with Crippen LogP contribution in [-0.4, -0.2) is 32.1 Å². The first-order valence-corrected chi connectivity index (χ1v) is 7.99. The molecule has 0 aromatic heterocycles. The first kappa shape index (κ1) is 17.5. The van der Waals surface area contributed by atoms with Crippen molar-refractivity contribution in [2.75, 3.05) is 14.2 Å². The highest BCUT2D eigenvalue weighted by atomic mass is 16.6. The lowest BCUT2D eigenvalue weighted by molar-refractivity contribution is -0.147. The van der Waals surface area contributed by atoms with Crippen LogP contribution in [0.4, 0.5) is 0 Å². The van der Waals surface area contributed by atoms with E-state index < -0.39 is 12.1 Å². The predicted octanol–water partition coefficient (Wildman–Crippen LogP) is 3.25. The van der Waals surface area contributed by atoms with Crippen molar-refractivity contribution in [3.63, 3.8) is 0 Å². The van der Waals surface area contributed by atoms with Gasteiger partial charge in [-0.1, -0.05) is 18.2 Å². The van der Waals surface area contributed by atoms with Crippen LogP contribution in [0.5, 0.6) is 17.2 Å². The number of allylic oxidation sites excluding steroid dienone is 1. The van der Waals surface area contributed by atoms with Gasteiger partial charge in [-0.05, 0) is 31.2 Å². The molecule has 0 saturated heterocycles. The Morgan fingerprint density at radius 3 is 2.65 bits per heavy atom. The van der Waals surface area contributed by atoms with Crippen molar-refractivity contribution in [2.24, 2.45) is 0 Å². The molecule has 2 aromatic carbocycles. The van der Waals surface area contributed by atoms with Gasteiger partial charge in [-0.15, -0.1) is 0 Å². The number of fused-ring (bicyclic) bond motifs is 1. The van der Waals surface area contributed by atoms with Crippen molar-refractivity contribution >= 4 is 17.8 Å². The van der Waals surface area contributed by atoms with Gasteiger partial charge in [0.25, 0.3) is 0 Å². The molecule has 0 amide bonds. The van der Waals surface area contributed by atoms with Crippen LogP contribution in [0.2, 0.25) is 0 Å². The number of benzene rings is 2. The van der Waals surface area contributed by atoms with E-state index in [1.54, 1.807) is 62.6 Å². The molecule has 0 spiro atoms. The third-order valence-electron chi connectivity index (χ3n) is 3.92. The molecular formula is C20H18O6. The van der Waals surface area contributed by atoms with Gasteiger partial charge in [0.15, 0.2) is 11.9 Å². The van der Waals surface area contributed by atoms with E-state index in [1.807, 2.05) is 0 Å². The Balaban J connectivity index is 1.89. The number of rotatable bonds is 5. The van der Waals surface area contributed by atoms with Gasteiger partial charge in [-0.3, -0.25) is 4.79 Å². The molecule has 0 unspecified atom stereocenters. The maximum absolute atomic E-state index is 12.5. The van der Waals surface area contributed by atoms with Crippen LogP contribution in [-0.2, 0) is 9.53 Å². The molecule has 26 heavy (non-hydrogen) atoms. The number of Topliss-reactive ketones (excluding diaryl/α,β-unsaturated/α-hetero) is 1. The molecular weight excluding hydrogens is 336 g/mol. The molecule has 1 atom stereocenters. The average molecular weight is 354 g/mol. The van der Waals surface area contributed by atoms with E-state index in [0.717, 1.165) is 0 Å². The molecule has 1 aliphatic heterocycles. The zero-order chi connectivity index (χ0) is 18.7. The number of esters is 1. The quantitative estimate of drug-likeness (QED) is 0.606. The van der Waals surface area contributed by atoms with Crippen LogP contribution in [0.25, 0.3) is 6.08 Å². The standard InChI is InChI=1S/C20H18O6/c1-12(20(22)24-3)25-16-7-5-4-6-13(16)10-18-19(21)15-9-8-14(23-2)11-17(15)26-18/h4-12H,1-3H3/t12-/m0/s1. The van der Waals surface area contributed by atoms with Crippen LogP contribution in [0.3, 0.4) is 0 Å². The second-order valence-electron chi connectivity index (χ2n) is 5.62. The third-order valence-corrected chi connectivity index (χ3v) is 3.92. The van der Waals surface area contributed by atoms with Crippen molar-refractivity contribution in [3.8, 4) is 17.2 Å². The highest BCUT2D eigenvalue weighted by Crippen LogP contribution is 2.35. The van der Waals surface area contributed by atoms with Crippen molar-refractivity contribution in [2.45, 2.75) is 13.0 Å². The normalized spacial score (nSPS) is 15.2. The molecule has 0 saturated carbocycles. The van der Waals surface area contributed by atoms with Crippen molar-refractivity contribution in [3.05, 3.63) is 59.4 Å². The summed E-state index contributed by atoms with van der Waals surface area (Å²) in [5, 5.41) is 0. The predicted molar refractivity (Wildman–Crippen MR) is 94.5 cm³/mol. The van der Waals surface area contributed by atoms with Crippen molar-refractivity contribution in [1.29, 1.82) is 0 Å². The molecule has 0 N–H and O–H groups in total. The van der Waals surface area contributed by atoms with E-state index in [2.05, 4.69) is 4.74 Å². The Kier molecular flexibility index (Phi) is 4.93. The topological polar surface area (TPSA) is 71.1 Å². The van der Waals surface area contributed by atoms with E-state index in [9.17, 15) is 9.59 Å². The van der Waals surface area contributed by atoms with Crippen LogP contribution in [0, 0.1) is 0 Å². The summed E-state index contributed by atoms with van der Waals surface area (Å²) in [6, 6.07) is 12.1. The van der Waals surface area contributed by atoms with E-state index >= 15 is 0 Å². The number of carbonyl (C=O) groups is 2. The van der Waals surface area contributed by atoms with Gasteiger partial charge in [0.05, 0.1) is 19.8 Å². The SMILES string of the molecule is COC(=O)[C@H](C)Oc1ccccc1C=C1Oc2cc(OC)ccc2C1=O. The van der Waals surface area contributed by atoms with Crippen LogP contribution < -0.4 is 14.2 Å². The van der Waals surface area contributed by atoms with Gasteiger partial charge in [0, 0.05) is 11.6 Å². The Morgan fingerprint density at radius 2 is 1.92 bits per heavy atom. The van der Waals surface area contributed by atoms with Gasteiger partial charge in [0.1, 0.15) is 17.2 Å². The van der Waals surface area contributed by atoms with E-state index in [1.165, 1.54) is 7.11 Å². The maximum Gasteiger partial charge on any atom is 0.346 e. The lowest BCUT2D eigenvalue weighted by Crippen LogP contribution is -2.25. The molecule has 134 valence electrons. The Hall–Kier alpha value is -3.28. The Labute approximate surface area is 150 Å². The fourth-order valence-corrected chi connectivity index (χ4v) is 2.55.